The van der Waals surface area contributed by atoms with Crippen molar-refractivity contribution in [3.05, 3.63) is 34.9 Å². The van der Waals surface area contributed by atoms with Crippen LogP contribution in [0.5, 0.6) is 0 Å². The van der Waals surface area contributed by atoms with Crippen molar-refractivity contribution in [1.82, 2.24) is 4.90 Å². The van der Waals surface area contributed by atoms with Gasteiger partial charge in [-0.05, 0) is 31.9 Å². The first kappa shape index (κ1) is 14.0. The summed E-state index contributed by atoms with van der Waals surface area (Å²) < 4.78 is 5.40. The molecule has 0 spiro atoms. The van der Waals surface area contributed by atoms with Gasteiger partial charge in [0.15, 0.2) is 0 Å². The monoisotopic (exact) mass is 263 g/mol. The lowest BCUT2D eigenvalue weighted by atomic mass is 9.94. The molecule has 1 aliphatic heterocycles. The number of hydrogen-bond donors (Lipinski definition) is 1. The van der Waals surface area contributed by atoms with E-state index in [1.54, 1.807) is 0 Å². The summed E-state index contributed by atoms with van der Waals surface area (Å²) in [6.45, 7) is 8.45. The zero-order valence-electron chi connectivity index (χ0n) is 11.8. The second-order valence-electron chi connectivity index (χ2n) is 5.71. The van der Waals surface area contributed by atoms with E-state index in [-0.39, 0.29) is 12.2 Å². The van der Waals surface area contributed by atoms with Crippen LogP contribution in [0.25, 0.3) is 0 Å². The molecule has 1 aromatic carbocycles. The van der Waals surface area contributed by atoms with Gasteiger partial charge in [0.1, 0.15) is 6.61 Å². The van der Waals surface area contributed by atoms with E-state index in [1.165, 1.54) is 16.7 Å². The van der Waals surface area contributed by atoms with Gasteiger partial charge in [0.25, 0.3) is 0 Å². The normalized spacial score (nSPS) is 18.1. The maximum atomic E-state index is 10.5. The number of likely N-dealkylation sites (tertiary alicyclic amines) is 1. The molecule has 0 amide bonds. The van der Waals surface area contributed by atoms with Crippen LogP contribution >= 0.6 is 0 Å². The predicted molar refractivity (Wildman–Crippen MR) is 73.2 cm³/mol. The quantitative estimate of drug-likeness (QED) is 0.882. The Kier molecular flexibility index (Phi) is 3.92. The Balaban J connectivity index is 1.85. The van der Waals surface area contributed by atoms with Crippen LogP contribution in [-0.2, 0) is 16.1 Å². The van der Waals surface area contributed by atoms with Crippen LogP contribution in [-0.4, -0.2) is 41.3 Å². The molecule has 0 aliphatic carbocycles. The smallest absolute Gasteiger partial charge is 0.329 e. The summed E-state index contributed by atoms with van der Waals surface area (Å²) in [7, 11) is 0. The van der Waals surface area contributed by atoms with Crippen molar-refractivity contribution in [1.29, 1.82) is 0 Å². The zero-order valence-corrected chi connectivity index (χ0v) is 11.8. The van der Waals surface area contributed by atoms with Gasteiger partial charge in [-0.1, -0.05) is 23.8 Å². The van der Waals surface area contributed by atoms with E-state index in [0.717, 1.165) is 19.6 Å². The Hall–Kier alpha value is -1.39. The first-order chi connectivity index (χ1) is 8.88. The van der Waals surface area contributed by atoms with E-state index in [0.29, 0.717) is 0 Å². The number of ether oxygens (including phenoxy) is 1. The van der Waals surface area contributed by atoms with Gasteiger partial charge in [-0.25, -0.2) is 4.79 Å². The van der Waals surface area contributed by atoms with E-state index in [4.69, 9.17) is 9.84 Å². The molecule has 1 aromatic rings. The summed E-state index contributed by atoms with van der Waals surface area (Å²) in [6, 6.07) is 6.48. The molecule has 4 nitrogen and oxygen atoms in total. The molecule has 19 heavy (non-hydrogen) atoms. The molecule has 0 unspecified atom stereocenters. The van der Waals surface area contributed by atoms with E-state index in [2.05, 4.69) is 36.9 Å². The molecule has 1 N–H and O–H groups in total. The highest BCUT2D eigenvalue weighted by Gasteiger charge is 2.40. The number of carboxylic acid groups (broad SMARTS) is 1. The minimum absolute atomic E-state index is 0.214. The molecule has 104 valence electrons. The standard InChI is InChI=1S/C15H21NO3/c1-11-4-5-13(12(2)6-11)7-16-9-15(3,10-16)19-8-14(17)18/h4-6H,7-10H2,1-3H3,(H,17,18). The minimum Gasteiger partial charge on any atom is -0.480 e. The van der Waals surface area contributed by atoms with E-state index in [1.807, 2.05) is 6.92 Å². The second kappa shape index (κ2) is 5.31. The molecule has 1 heterocycles. The molecule has 1 saturated heterocycles. The number of rotatable bonds is 5. The van der Waals surface area contributed by atoms with Gasteiger partial charge in [-0.15, -0.1) is 0 Å². The first-order valence-electron chi connectivity index (χ1n) is 6.52. The predicted octanol–water partition coefficient (Wildman–Crippen LogP) is 1.98. The van der Waals surface area contributed by atoms with Crippen LogP contribution in [0.4, 0.5) is 0 Å². The van der Waals surface area contributed by atoms with Crippen molar-refractivity contribution in [2.24, 2.45) is 0 Å². The van der Waals surface area contributed by atoms with Gasteiger partial charge in [-0.3, -0.25) is 4.90 Å². The lowest BCUT2D eigenvalue weighted by molar-refractivity contribution is -0.165. The Morgan fingerprint density at radius 3 is 2.68 bits per heavy atom. The van der Waals surface area contributed by atoms with E-state index < -0.39 is 5.97 Å². The van der Waals surface area contributed by atoms with Crippen molar-refractivity contribution in [3.63, 3.8) is 0 Å². The number of benzene rings is 1. The third-order valence-electron chi connectivity index (χ3n) is 3.55. The summed E-state index contributed by atoms with van der Waals surface area (Å²) >= 11 is 0. The number of carbonyl (C=O) groups is 1. The number of aryl methyl sites for hydroxylation is 2. The highest BCUT2D eigenvalue weighted by atomic mass is 16.5. The number of hydrogen-bond acceptors (Lipinski definition) is 3. The lowest BCUT2D eigenvalue weighted by Gasteiger charge is -2.47. The fourth-order valence-corrected chi connectivity index (χ4v) is 2.60. The van der Waals surface area contributed by atoms with Crippen LogP contribution in [0.15, 0.2) is 18.2 Å². The Labute approximate surface area is 114 Å². The topological polar surface area (TPSA) is 49.8 Å². The molecule has 0 atom stereocenters. The molecule has 0 aromatic heterocycles. The van der Waals surface area contributed by atoms with Crippen molar-refractivity contribution in [2.45, 2.75) is 32.9 Å². The van der Waals surface area contributed by atoms with Crippen LogP contribution in [0, 0.1) is 13.8 Å². The zero-order chi connectivity index (χ0) is 14.0. The minimum atomic E-state index is -0.908. The highest BCUT2D eigenvalue weighted by molar-refractivity contribution is 5.68. The van der Waals surface area contributed by atoms with E-state index in [9.17, 15) is 4.79 Å². The van der Waals surface area contributed by atoms with Crippen LogP contribution in [0.2, 0.25) is 0 Å². The van der Waals surface area contributed by atoms with Gasteiger partial charge in [0.2, 0.25) is 0 Å². The Morgan fingerprint density at radius 2 is 2.11 bits per heavy atom. The Bertz CT molecular complexity index is 478. The average Bonchev–Trinajstić information content (AvgIpc) is 2.28. The average molecular weight is 263 g/mol. The fourth-order valence-electron chi connectivity index (χ4n) is 2.60. The van der Waals surface area contributed by atoms with Crippen molar-refractivity contribution >= 4 is 5.97 Å². The summed E-state index contributed by atoms with van der Waals surface area (Å²) in [5, 5.41) is 8.62. The maximum absolute atomic E-state index is 10.5. The molecule has 0 radical (unpaired) electrons. The fraction of sp³-hybridized carbons (Fsp3) is 0.533. The maximum Gasteiger partial charge on any atom is 0.329 e. The van der Waals surface area contributed by atoms with Gasteiger partial charge >= 0.3 is 5.97 Å². The molecule has 0 bridgehead atoms. The summed E-state index contributed by atoms with van der Waals surface area (Å²) in [5.74, 6) is -0.908. The largest absolute Gasteiger partial charge is 0.480 e. The second-order valence-corrected chi connectivity index (χ2v) is 5.71. The van der Waals surface area contributed by atoms with Crippen LogP contribution < -0.4 is 0 Å². The SMILES string of the molecule is Cc1ccc(CN2CC(C)(OCC(=O)O)C2)c(C)c1. The highest BCUT2D eigenvalue weighted by Crippen LogP contribution is 2.27. The van der Waals surface area contributed by atoms with Gasteiger partial charge in [0.05, 0.1) is 5.60 Å². The van der Waals surface area contributed by atoms with Crippen molar-refractivity contribution < 1.29 is 14.6 Å². The van der Waals surface area contributed by atoms with Gasteiger partial charge in [0, 0.05) is 19.6 Å². The van der Waals surface area contributed by atoms with E-state index >= 15 is 0 Å². The molecule has 0 saturated carbocycles. The van der Waals surface area contributed by atoms with Gasteiger partial charge < -0.3 is 9.84 Å². The van der Waals surface area contributed by atoms with Crippen molar-refractivity contribution in [2.75, 3.05) is 19.7 Å². The molecule has 1 fully saturated rings. The third kappa shape index (κ3) is 3.55. The number of nitrogens with zero attached hydrogens (tertiary/aromatic N) is 1. The number of carboxylic acids is 1. The molecular formula is C15H21NO3. The molecule has 1 aliphatic rings. The summed E-state index contributed by atoms with van der Waals surface area (Å²) in [4.78, 5) is 12.8. The summed E-state index contributed by atoms with van der Waals surface area (Å²) in [5.41, 5.74) is 3.60. The Morgan fingerprint density at radius 1 is 1.42 bits per heavy atom. The summed E-state index contributed by atoms with van der Waals surface area (Å²) in [6.07, 6.45) is 0. The molecule has 4 heteroatoms. The molecule has 2 rings (SSSR count). The number of aliphatic carboxylic acids is 1. The first-order valence-corrected chi connectivity index (χ1v) is 6.52. The lowest BCUT2D eigenvalue weighted by Crippen LogP contribution is -2.61. The van der Waals surface area contributed by atoms with Crippen molar-refractivity contribution in [3.8, 4) is 0 Å². The molecular weight excluding hydrogens is 242 g/mol. The third-order valence-corrected chi connectivity index (χ3v) is 3.55. The van der Waals surface area contributed by atoms with Crippen LogP contribution in [0.1, 0.15) is 23.6 Å². The van der Waals surface area contributed by atoms with Gasteiger partial charge in [-0.2, -0.15) is 0 Å². The van der Waals surface area contributed by atoms with Crippen LogP contribution in [0.3, 0.4) is 0 Å².